The van der Waals surface area contributed by atoms with E-state index in [1.807, 2.05) is 0 Å². The standard InChI is InChI=1S/C98H2/c1-3-5-7-9-11-13-15-17-19-21-23-25-27-29-31-33-35-37-39-41-43-45-47-49-51-53-55-57-59-61-63-65-67-69-71-73-75-77-79-81-83-85-87-89-91-93-95-97-98-96-94-92-90-88-86-84-82-80-78-76-74-72-70-68-66-64-62-60-58-56-54-52-50-48-46-44-42-40-38-36-34-32-30-28-26-24-22-20-18-16-14-12-10-8-6-4-2/h1-2H. The molecule has 0 aromatic heterocycles. The van der Waals surface area contributed by atoms with Gasteiger partial charge in [-0.3, -0.25) is 0 Å². The topological polar surface area (TPSA) is 0 Å². The van der Waals surface area contributed by atoms with Crippen molar-refractivity contribution in [1.82, 2.24) is 0 Å². The molecule has 0 N–H and O–H groups in total. The van der Waals surface area contributed by atoms with E-state index in [4.69, 9.17) is 12.8 Å². The molecule has 0 aliphatic carbocycles. The van der Waals surface area contributed by atoms with Gasteiger partial charge in [-0.1, -0.05) is 0 Å². The zero-order chi connectivity index (χ0) is 69.9. The molecule has 0 aromatic carbocycles. The summed E-state index contributed by atoms with van der Waals surface area (Å²) < 4.78 is 0. The fraction of sp³-hybridized carbons (Fsp3) is 0. The van der Waals surface area contributed by atoms with Crippen LogP contribution in [0, 0.1) is 581 Å². The van der Waals surface area contributed by atoms with Gasteiger partial charge in [0, 0.05) is 474 Å². The van der Waals surface area contributed by atoms with E-state index in [-0.39, 0.29) is 0 Å². The molecule has 0 rings (SSSR count). The van der Waals surface area contributed by atoms with Crippen molar-refractivity contribution in [2.24, 2.45) is 0 Å². The number of hydrogen-bond donors (Lipinski definition) is 0. The maximum Gasteiger partial charge on any atom is 0 e. The summed E-state index contributed by atoms with van der Waals surface area (Å²) >= 11 is 0. The Bertz CT molecular complexity index is 6500. The molecule has 0 amide bonds. The molecule has 0 aromatic rings. The van der Waals surface area contributed by atoms with E-state index in [2.05, 4.69) is 568 Å². The molecule has 0 heteroatoms. The highest BCUT2D eigenvalue weighted by atomic mass is 13.7. The van der Waals surface area contributed by atoms with Crippen molar-refractivity contribution >= 4 is 0 Å². The molecular weight excluding hydrogens is 1180 g/mol. The lowest BCUT2D eigenvalue weighted by Crippen LogP contribution is -1.57. The van der Waals surface area contributed by atoms with Gasteiger partial charge in [-0.15, -0.1) is 12.8 Å². The molecule has 0 atom stereocenters. The Labute approximate surface area is 577 Å². The molecule has 0 saturated carbocycles. The molecule has 0 saturated heterocycles. The quantitative estimate of drug-likeness (QED) is 0.309. The van der Waals surface area contributed by atoms with E-state index in [0.717, 1.165) is 0 Å². The fourth-order valence-electron chi connectivity index (χ4n) is 2.95. The predicted octanol–water partition coefficient (Wildman–Crippen LogP) is 0.413. The first-order valence-corrected chi connectivity index (χ1v) is 24.3. The van der Waals surface area contributed by atoms with E-state index in [0.29, 0.717) is 0 Å². The molecule has 0 aliphatic rings. The molecule has 0 spiro atoms. The first-order valence-electron chi connectivity index (χ1n) is 24.3. The second-order valence-corrected chi connectivity index (χ2v) is 12.0. The van der Waals surface area contributed by atoms with Crippen LogP contribution < -0.4 is 0 Å². The van der Waals surface area contributed by atoms with Gasteiger partial charge in [-0.2, -0.15) is 0 Å². The van der Waals surface area contributed by atoms with Crippen LogP contribution in [0.3, 0.4) is 0 Å². The lowest BCUT2D eigenvalue weighted by atomic mass is 10.4. The van der Waals surface area contributed by atoms with Gasteiger partial charge in [-0.05, 0) is 94.7 Å². The normalized spacial score (nSPS) is 3.94. The summed E-state index contributed by atoms with van der Waals surface area (Å²) in [5, 5.41) is 0. The fourth-order valence-corrected chi connectivity index (χ4v) is 2.95. The minimum absolute atomic E-state index is 2.12. The van der Waals surface area contributed by atoms with Gasteiger partial charge in [-0.25, -0.2) is 0 Å². The lowest BCUT2D eigenvalue weighted by Gasteiger charge is -1.58. The Hall–Kier alpha value is -21.6. The highest BCUT2D eigenvalue weighted by Gasteiger charge is 1.67. The summed E-state index contributed by atoms with van der Waals surface area (Å²) in [6, 6.07) is 0. The van der Waals surface area contributed by atoms with Crippen LogP contribution >= 0.6 is 0 Å². The summed E-state index contributed by atoms with van der Waals surface area (Å²) in [6.45, 7) is 0. The van der Waals surface area contributed by atoms with Gasteiger partial charge < -0.3 is 0 Å². The van der Waals surface area contributed by atoms with Crippen molar-refractivity contribution in [1.29, 1.82) is 0 Å². The molecule has 0 nitrogen and oxygen atoms in total. The van der Waals surface area contributed by atoms with Crippen molar-refractivity contribution in [3.8, 4) is 581 Å². The van der Waals surface area contributed by atoms with Gasteiger partial charge >= 0.3 is 0 Å². The first kappa shape index (κ1) is 76.4. The van der Waals surface area contributed by atoms with Crippen molar-refractivity contribution < 1.29 is 0 Å². The van der Waals surface area contributed by atoms with Crippen LogP contribution in [0.1, 0.15) is 0 Å². The number of hydrogen-bond acceptors (Lipinski definition) is 0. The van der Waals surface area contributed by atoms with Gasteiger partial charge in [0.1, 0.15) is 0 Å². The Morgan fingerprint density at radius 2 is 0.0816 bits per heavy atom. The highest BCUT2D eigenvalue weighted by molar-refractivity contribution is 5.56. The van der Waals surface area contributed by atoms with E-state index < -0.39 is 0 Å². The Morgan fingerprint density at radius 3 is 0.112 bits per heavy atom. The zero-order valence-electron chi connectivity index (χ0n) is 49.2. The third-order valence-electron chi connectivity index (χ3n) is 5.96. The highest BCUT2D eigenvalue weighted by Crippen LogP contribution is 1.67. The Kier molecular flexibility index (Phi) is 58.8. The van der Waals surface area contributed by atoms with Crippen LogP contribution in [0.2, 0.25) is 0 Å². The van der Waals surface area contributed by atoms with Gasteiger partial charge in [0.25, 0.3) is 0 Å². The van der Waals surface area contributed by atoms with Crippen LogP contribution in [0.15, 0.2) is 0 Å². The minimum atomic E-state index is 2.12. The Morgan fingerprint density at radius 1 is 0.0510 bits per heavy atom. The third kappa shape index (κ3) is 74.4. The molecule has 0 radical (unpaired) electrons. The van der Waals surface area contributed by atoms with E-state index in [1.54, 1.807) is 0 Å². The van der Waals surface area contributed by atoms with Crippen LogP contribution in [0.5, 0.6) is 0 Å². The second kappa shape index (κ2) is 75.4. The third-order valence-corrected chi connectivity index (χ3v) is 5.96. The van der Waals surface area contributed by atoms with E-state index in [9.17, 15) is 0 Å². The molecule has 0 fully saturated rings. The van der Waals surface area contributed by atoms with Gasteiger partial charge in [0.2, 0.25) is 0 Å². The largest absolute Gasteiger partial charge is 0.106 e. The molecule has 0 bridgehead atoms. The van der Waals surface area contributed by atoms with Crippen LogP contribution in [-0.4, -0.2) is 0 Å². The smallest absolute Gasteiger partial charge is 0 e. The van der Waals surface area contributed by atoms with Gasteiger partial charge in [0.05, 0.1) is 0 Å². The molecule has 0 unspecified atom stereocenters. The minimum Gasteiger partial charge on any atom is -0.106 e. The molecular formula is C98H2. The number of terminal acetylenes is 2. The van der Waals surface area contributed by atoms with Crippen molar-refractivity contribution in [2.45, 2.75) is 0 Å². The maximum absolute atomic E-state index is 4.95. The summed E-state index contributed by atoms with van der Waals surface area (Å²) in [5.41, 5.74) is 0. The predicted molar refractivity (Wildman–Crippen MR) is 383 cm³/mol. The molecule has 0 heterocycles. The molecule has 0 aliphatic heterocycles. The summed E-state index contributed by atoms with van der Waals surface area (Å²) in [6.07, 6.45) is 9.90. The van der Waals surface area contributed by atoms with Crippen molar-refractivity contribution in [3.05, 3.63) is 0 Å². The van der Waals surface area contributed by atoms with Gasteiger partial charge in [0.15, 0.2) is 0 Å². The van der Waals surface area contributed by atoms with Crippen molar-refractivity contribution in [2.75, 3.05) is 0 Å². The van der Waals surface area contributed by atoms with Crippen molar-refractivity contribution in [3.63, 3.8) is 0 Å². The SMILES string of the molecule is C#CC#CC#CC#CC#CC#CC#CC#CC#CC#CC#CC#CC#CC#CC#CC#CC#CC#CC#CC#CC#CC#CC#CC#CC#CC#CC#CC#CC#CC#CC#CC#CC#CC#CC#CC#CC#CC#CC#CC#CC#CC#CC#CC#CC#CC#CC#CC#CC#C. The average Bonchev–Trinajstić information content (AvgIpc) is 3.63. The summed E-state index contributed by atoms with van der Waals surface area (Å²) in [7, 11) is 0. The van der Waals surface area contributed by atoms with Crippen LogP contribution in [0.25, 0.3) is 0 Å². The van der Waals surface area contributed by atoms with Crippen LogP contribution in [0.4, 0.5) is 0 Å². The van der Waals surface area contributed by atoms with E-state index in [1.165, 1.54) is 0 Å². The monoisotopic (exact) mass is 1180 g/mol. The summed E-state index contributed by atoms with van der Waals surface area (Å²) in [5.74, 6) is 238. The van der Waals surface area contributed by atoms with Crippen LogP contribution in [-0.2, 0) is 0 Å². The molecule has 394 valence electrons. The lowest BCUT2D eigenvalue weighted by molar-refractivity contribution is 2.31. The average molecular weight is 1180 g/mol. The maximum atomic E-state index is 4.95. The zero-order valence-corrected chi connectivity index (χ0v) is 49.2. The Balaban J connectivity index is 4.63. The van der Waals surface area contributed by atoms with E-state index >= 15 is 0 Å². The summed E-state index contributed by atoms with van der Waals surface area (Å²) in [4.78, 5) is 0. The first-order chi connectivity index (χ1) is 48.9. The number of rotatable bonds is 0. The molecule has 98 heavy (non-hydrogen) atoms. The second-order valence-electron chi connectivity index (χ2n) is 12.0.